The Bertz CT molecular complexity index is 751. The molecular formula is C18H21ClFNO4. The van der Waals surface area contributed by atoms with Crippen LogP contribution in [0.2, 0.25) is 5.02 Å². The molecule has 5 nitrogen and oxygen atoms in total. The summed E-state index contributed by atoms with van der Waals surface area (Å²) in [5, 5.41) is 21.3. The minimum Gasteiger partial charge on any atom is -0.494 e. The molecule has 0 aliphatic carbocycles. The minimum atomic E-state index is -1.36. The molecule has 2 heterocycles. The van der Waals surface area contributed by atoms with Gasteiger partial charge < -0.3 is 19.7 Å². The number of halogens is 2. The standard InChI is InChI=1S/C18H21ClFNO4/c1-24-14-6-5-12-16(17(14)20)15(11(19)9-21-12)18(23)13(22)8-10-4-2-3-7-25-10/h5-6,9-10,13,18,22-23H,2-4,7-8H2,1H3. The van der Waals surface area contributed by atoms with Gasteiger partial charge >= 0.3 is 0 Å². The molecule has 0 radical (unpaired) electrons. The van der Waals surface area contributed by atoms with Crippen molar-refractivity contribution < 1.29 is 24.1 Å². The van der Waals surface area contributed by atoms with Crippen molar-refractivity contribution in [3.05, 3.63) is 34.7 Å². The van der Waals surface area contributed by atoms with E-state index in [9.17, 15) is 14.6 Å². The molecule has 0 spiro atoms. The highest BCUT2D eigenvalue weighted by atomic mass is 35.5. The Morgan fingerprint density at radius 1 is 1.40 bits per heavy atom. The van der Waals surface area contributed by atoms with Gasteiger partial charge in [0.2, 0.25) is 0 Å². The van der Waals surface area contributed by atoms with Gasteiger partial charge in [-0.25, -0.2) is 4.39 Å². The van der Waals surface area contributed by atoms with Gasteiger partial charge in [0.15, 0.2) is 11.6 Å². The zero-order valence-electron chi connectivity index (χ0n) is 13.9. The molecule has 1 aliphatic rings. The lowest BCUT2D eigenvalue weighted by atomic mass is 9.94. The number of aliphatic hydroxyl groups is 2. The van der Waals surface area contributed by atoms with Crippen LogP contribution >= 0.6 is 11.6 Å². The fourth-order valence-corrected chi connectivity index (χ4v) is 3.51. The highest BCUT2D eigenvalue weighted by Crippen LogP contribution is 2.37. The van der Waals surface area contributed by atoms with E-state index in [4.69, 9.17) is 21.1 Å². The fraction of sp³-hybridized carbons (Fsp3) is 0.500. The number of fused-ring (bicyclic) bond motifs is 1. The molecule has 7 heteroatoms. The Kier molecular flexibility index (Phi) is 5.74. The number of hydrogen-bond acceptors (Lipinski definition) is 5. The molecule has 3 unspecified atom stereocenters. The summed E-state index contributed by atoms with van der Waals surface area (Å²) in [6, 6.07) is 3.04. The predicted octanol–water partition coefficient (Wildman–Crippen LogP) is 3.39. The van der Waals surface area contributed by atoms with Gasteiger partial charge in [0, 0.05) is 30.2 Å². The van der Waals surface area contributed by atoms with E-state index in [2.05, 4.69) is 4.98 Å². The summed E-state index contributed by atoms with van der Waals surface area (Å²) in [6.45, 7) is 0.651. The molecule has 1 fully saturated rings. The molecule has 25 heavy (non-hydrogen) atoms. The molecule has 3 rings (SSSR count). The van der Waals surface area contributed by atoms with Crippen LogP contribution < -0.4 is 4.74 Å². The normalized spacial score (nSPS) is 20.4. The monoisotopic (exact) mass is 369 g/mol. The Balaban J connectivity index is 1.96. The van der Waals surface area contributed by atoms with Crippen LogP contribution in [0.3, 0.4) is 0 Å². The molecule has 3 atom stereocenters. The van der Waals surface area contributed by atoms with Crippen molar-refractivity contribution in [2.75, 3.05) is 13.7 Å². The van der Waals surface area contributed by atoms with Crippen molar-refractivity contribution in [1.82, 2.24) is 4.98 Å². The number of benzene rings is 1. The summed E-state index contributed by atoms with van der Waals surface area (Å²) in [6.07, 6.45) is 1.85. The molecule has 0 saturated carbocycles. The zero-order valence-corrected chi connectivity index (χ0v) is 14.7. The van der Waals surface area contributed by atoms with E-state index in [1.54, 1.807) is 6.07 Å². The minimum absolute atomic E-state index is 0.0233. The van der Waals surface area contributed by atoms with Crippen LogP contribution in [0.4, 0.5) is 4.39 Å². The van der Waals surface area contributed by atoms with Crippen molar-refractivity contribution in [3.8, 4) is 5.75 Å². The van der Waals surface area contributed by atoms with Crippen molar-refractivity contribution >= 4 is 22.5 Å². The van der Waals surface area contributed by atoms with E-state index in [-0.39, 0.29) is 34.2 Å². The molecule has 1 aliphatic heterocycles. The Labute approximate surface area is 150 Å². The van der Waals surface area contributed by atoms with Gasteiger partial charge in [-0.05, 0) is 31.4 Å². The number of hydrogen-bond donors (Lipinski definition) is 2. The largest absolute Gasteiger partial charge is 0.494 e. The van der Waals surface area contributed by atoms with E-state index in [0.29, 0.717) is 12.1 Å². The first-order valence-corrected chi connectivity index (χ1v) is 8.69. The Morgan fingerprint density at radius 3 is 2.88 bits per heavy atom. The summed E-state index contributed by atoms with van der Waals surface area (Å²) in [4.78, 5) is 4.09. The lowest BCUT2D eigenvalue weighted by molar-refractivity contribution is -0.0501. The molecule has 1 aromatic carbocycles. The lowest BCUT2D eigenvalue weighted by Gasteiger charge is -2.27. The second kappa shape index (κ2) is 7.83. The van der Waals surface area contributed by atoms with Gasteiger partial charge in [-0.15, -0.1) is 0 Å². The molecule has 1 aromatic heterocycles. The second-order valence-electron chi connectivity index (χ2n) is 6.23. The Hall–Kier alpha value is -1.47. The zero-order chi connectivity index (χ0) is 18.0. The van der Waals surface area contributed by atoms with Gasteiger partial charge in [-0.2, -0.15) is 0 Å². The molecular weight excluding hydrogens is 349 g/mol. The van der Waals surface area contributed by atoms with Crippen LogP contribution in [0.25, 0.3) is 10.9 Å². The number of nitrogens with zero attached hydrogens (tertiary/aromatic N) is 1. The molecule has 0 bridgehead atoms. The highest BCUT2D eigenvalue weighted by Gasteiger charge is 2.29. The summed E-state index contributed by atoms with van der Waals surface area (Å²) in [5.74, 6) is -0.639. The van der Waals surface area contributed by atoms with E-state index >= 15 is 0 Å². The lowest BCUT2D eigenvalue weighted by Crippen LogP contribution is -2.28. The molecule has 0 amide bonds. The summed E-state index contributed by atoms with van der Waals surface area (Å²) < 4.78 is 25.4. The summed E-state index contributed by atoms with van der Waals surface area (Å²) in [7, 11) is 1.35. The van der Waals surface area contributed by atoms with Crippen LogP contribution in [-0.4, -0.2) is 41.1 Å². The van der Waals surface area contributed by atoms with Crippen LogP contribution in [0.15, 0.2) is 18.3 Å². The smallest absolute Gasteiger partial charge is 0.174 e. The summed E-state index contributed by atoms with van der Waals surface area (Å²) in [5.41, 5.74) is 0.448. The SMILES string of the molecule is COc1ccc2ncc(Cl)c(C(O)C(O)CC3CCCCO3)c2c1F. The number of aliphatic hydroxyl groups excluding tert-OH is 2. The number of pyridine rings is 1. The maximum absolute atomic E-state index is 14.8. The van der Waals surface area contributed by atoms with Crippen LogP contribution in [-0.2, 0) is 4.74 Å². The van der Waals surface area contributed by atoms with Crippen molar-refractivity contribution in [2.24, 2.45) is 0 Å². The average molecular weight is 370 g/mol. The van der Waals surface area contributed by atoms with Crippen LogP contribution in [0.5, 0.6) is 5.75 Å². The van der Waals surface area contributed by atoms with Crippen LogP contribution in [0.1, 0.15) is 37.4 Å². The first-order chi connectivity index (χ1) is 12.0. The van der Waals surface area contributed by atoms with Gasteiger partial charge in [0.1, 0.15) is 6.10 Å². The van der Waals surface area contributed by atoms with Crippen molar-refractivity contribution in [1.29, 1.82) is 0 Å². The van der Waals surface area contributed by atoms with Crippen molar-refractivity contribution in [2.45, 2.75) is 44.0 Å². The fourth-order valence-electron chi connectivity index (χ4n) is 3.26. The first-order valence-electron chi connectivity index (χ1n) is 8.31. The van der Waals surface area contributed by atoms with E-state index in [1.807, 2.05) is 0 Å². The first kappa shape index (κ1) is 18.3. The number of ether oxygens (including phenoxy) is 2. The average Bonchev–Trinajstić information content (AvgIpc) is 2.62. The second-order valence-corrected chi connectivity index (χ2v) is 6.64. The third-order valence-electron chi connectivity index (χ3n) is 4.59. The maximum atomic E-state index is 14.8. The highest BCUT2D eigenvalue weighted by molar-refractivity contribution is 6.32. The molecule has 136 valence electrons. The maximum Gasteiger partial charge on any atom is 0.174 e. The van der Waals surface area contributed by atoms with Gasteiger partial charge in [-0.1, -0.05) is 11.6 Å². The Morgan fingerprint density at radius 2 is 2.20 bits per heavy atom. The van der Waals surface area contributed by atoms with E-state index < -0.39 is 18.0 Å². The van der Waals surface area contributed by atoms with Gasteiger partial charge in [0.05, 0.1) is 29.9 Å². The number of rotatable bonds is 5. The molecule has 1 saturated heterocycles. The van der Waals surface area contributed by atoms with Gasteiger partial charge in [0.25, 0.3) is 0 Å². The number of aromatic nitrogens is 1. The topological polar surface area (TPSA) is 71.8 Å². The third-order valence-corrected chi connectivity index (χ3v) is 4.89. The van der Waals surface area contributed by atoms with Crippen LogP contribution in [0, 0.1) is 5.82 Å². The van der Waals surface area contributed by atoms with E-state index in [1.165, 1.54) is 19.4 Å². The summed E-state index contributed by atoms with van der Waals surface area (Å²) >= 11 is 6.18. The quantitative estimate of drug-likeness (QED) is 0.845. The predicted molar refractivity (Wildman–Crippen MR) is 92.4 cm³/mol. The number of methoxy groups -OCH3 is 1. The molecule has 2 N–H and O–H groups in total. The molecule has 2 aromatic rings. The van der Waals surface area contributed by atoms with Gasteiger partial charge in [-0.3, -0.25) is 4.98 Å². The van der Waals surface area contributed by atoms with Crippen molar-refractivity contribution in [3.63, 3.8) is 0 Å². The third kappa shape index (κ3) is 3.72. The van der Waals surface area contributed by atoms with E-state index in [0.717, 1.165) is 19.3 Å².